The molecular formula is C13H19BrN2O2. The van der Waals surface area contributed by atoms with Crippen LogP contribution >= 0.6 is 15.9 Å². The predicted molar refractivity (Wildman–Crippen MR) is 75.4 cm³/mol. The van der Waals surface area contributed by atoms with E-state index >= 15 is 0 Å². The molecule has 5 heteroatoms. The van der Waals surface area contributed by atoms with Gasteiger partial charge in [-0.1, -0.05) is 15.9 Å². The van der Waals surface area contributed by atoms with Crippen molar-refractivity contribution in [1.29, 1.82) is 0 Å². The lowest BCUT2D eigenvalue weighted by atomic mass is 10.1. The summed E-state index contributed by atoms with van der Waals surface area (Å²) in [7, 11) is 3.35. The Kier molecular flexibility index (Phi) is 4.86. The fourth-order valence-electron chi connectivity index (χ4n) is 2.21. The molecule has 1 saturated heterocycles. The molecule has 4 nitrogen and oxygen atoms in total. The van der Waals surface area contributed by atoms with Gasteiger partial charge in [0.2, 0.25) is 0 Å². The van der Waals surface area contributed by atoms with E-state index in [1.165, 1.54) is 0 Å². The number of ether oxygens (including phenoxy) is 2. The third-order valence-corrected chi connectivity index (χ3v) is 3.93. The van der Waals surface area contributed by atoms with Crippen molar-refractivity contribution in [1.82, 2.24) is 10.2 Å². The van der Waals surface area contributed by atoms with Crippen LogP contribution in [0.3, 0.4) is 0 Å². The molecule has 0 saturated carbocycles. The number of nitrogens with zero attached hydrogens (tertiary/aromatic N) is 1. The Balaban J connectivity index is 2.24. The number of hydrogen-bond donors (Lipinski definition) is 1. The second-order valence-electron chi connectivity index (χ2n) is 4.29. The van der Waals surface area contributed by atoms with Crippen LogP contribution in [0.2, 0.25) is 0 Å². The predicted octanol–water partition coefficient (Wildman–Crippen LogP) is 1.87. The Bertz CT molecular complexity index is 406. The topological polar surface area (TPSA) is 33.7 Å². The van der Waals surface area contributed by atoms with E-state index in [4.69, 9.17) is 9.47 Å². The van der Waals surface area contributed by atoms with Crippen LogP contribution in [0.15, 0.2) is 16.6 Å². The van der Waals surface area contributed by atoms with E-state index < -0.39 is 0 Å². The summed E-state index contributed by atoms with van der Waals surface area (Å²) in [6.45, 7) is 5.09. The van der Waals surface area contributed by atoms with Crippen molar-refractivity contribution in [3.05, 3.63) is 22.2 Å². The smallest absolute Gasteiger partial charge is 0.166 e. The summed E-state index contributed by atoms with van der Waals surface area (Å²) in [6, 6.07) is 3.93. The van der Waals surface area contributed by atoms with Crippen LogP contribution in [0.4, 0.5) is 0 Å². The van der Waals surface area contributed by atoms with Crippen molar-refractivity contribution in [3.8, 4) is 11.5 Å². The lowest BCUT2D eigenvalue weighted by Crippen LogP contribution is -2.43. The standard InChI is InChI=1S/C13H19BrN2O2/c1-17-12-4-3-11(14)10(13(12)18-2)9-16-7-5-15-6-8-16/h3-4,15H,5-9H2,1-2H3. The Morgan fingerprint density at radius 2 is 1.94 bits per heavy atom. The van der Waals surface area contributed by atoms with E-state index in [1.54, 1.807) is 14.2 Å². The van der Waals surface area contributed by atoms with Crippen molar-refractivity contribution in [2.45, 2.75) is 6.54 Å². The summed E-state index contributed by atoms with van der Waals surface area (Å²) in [5.74, 6) is 1.61. The van der Waals surface area contributed by atoms with Crippen LogP contribution in [0, 0.1) is 0 Å². The monoisotopic (exact) mass is 314 g/mol. The number of halogens is 1. The van der Waals surface area contributed by atoms with Crippen LogP contribution in [0.25, 0.3) is 0 Å². The highest BCUT2D eigenvalue weighted by Gasteiger charge is 2.18. The van der Waals surface area contributed by atoms with Crippen molar-refractivity contribution < 1.29 is 9.47 Å². The van der Waals surface area contributed by atoms with Crippen LogP contribution < -0.4 is 14.8 Å². The minimum absolute atomic E-state index is 0.783. The van der Waals surface area contributed by atoms with Crippen LogP contribution in [0.5, 0.6) is 11.5 Å². The molecule has 1 aliphatic rings. The van der Waals surface area contributed by atoms with Gasteiger partial charge >= 0.3 is 0 Å². The van der Waals surface area contributed by atoms with E-state index in [0.29, 0.717) is 0 Å². The van der Waals surface area contributed by atoms with Crippen molar-refractivity contribution in [2.75, 3.05) is 40.4 Å². The third kappa shape index (κ3) is 2.96. The molecule has 1 aromatic rings. The highest BCUT2D eigenvalue weighted by molar-refractivity contribution is 9.10. The summed E-state index contributed by atoms with van der Waals surface area (Å²) < 4.78 is 11.9. The van der Waals surface area contributed by atoms with Gasteiger partial charge in [-0.2, -0.15) is 0 Å². The maximum Gasteiger partial charge on any atom is 0.166 e. The van der Waals surface area contributed by atoms with E-state index in [9.17, 15) is 0 Å². The van der Waals surface area contributed by atoms with Crippen molar-refractivity contribution >= 4 is 15.9 Å². The number of methoxy groups -OCH3 is 2. The van der Waals surface area contributed by atoms with Gasteiger partial charge in [0.15, 0.2) is 11.5 Å². The maximum absolute atomic E-state index is 5.49. The largest absolute Gasteiger partial charge is 0.493 e. The molecule has 0 spiro atoms. The van der Waals surface area contributed by atoms with Gasteiger partial charge in [-0.15, -0.1) is 0 Å². The average molecular weight is 315 g/mol. The van der Waals surface area contributed by atoms with Gasteiger partial charge in [0.25, 0.3) is 0 Å². The first-order valence-corrected chi connectivity index (χ1v) is 6.88. The molecule has 0 aliphatic carbocycles. The lowest BCUT2D eigenvalue weighted by molar-refractivity contribution is 0.228. The van der Waals surface area contributed by atoms with Crippen molar-refractivity contribution in [2.24, 2.45) is 0 Å². The minimum atomic E-state index is 0.783. The molecule has 0 radical (unpaired) electrons. The molecule has 1 heterocycles. The molecule has 0 amide bonds. The zero-order chi connectivity index (χ0) is 13.0. The molecule has 1 aromatic carbocycles. The normalized spacial score (nSPS) is 16.6. The number of benzene rings is 1. The lowest BCUT2D eigenvalue weighted by Gasteiger charge is -2.28. The van der Waals surface area contributed by atoms with E-state index in [1.807, 2.05) is 12.1 Å². The molecule has 0 bridgehead atoms. The van der Waals surface area contributed by atoms with Crippen LogP contribution in [-0.2, 0) is 6.54 Å². The highest BCUT2D eigenvalue weighted by atomic mass is 79.9. The van der Waals surface area contributed by atoms with E-state index in [0.717, 1.165) is 54.3 Å². The highest BCUT2D eigenvalue weighted by Crippen LogP contribution is 2.36. The molecule has 1 fully saturated rings. The molecular weight excluding hydrogens is 296 g/mol. The molecule has 0 atom stereocenters. The van der Waals surface area contributed by atoms with Gasteiger partial charge < -0.3 is 14.8 Å². The van der Waals surface area contributed by atoms with Crippen LogP contribution in [0.1, 0.15) is 5.56 Å². The van der Waals surface area contributed by atoms with Gasteiger partial charge in [0.1, 0.15) is 0 Å². The van der Waals surface area contributed by atoms with Gasteiger partial charge in [-0.25, -0.2) is 0 Å². The fourth-order valence-corrected chi connectivity index (χ4v) is 2.64. The summed E-state index contributed by atoms with van der Waals surface area (Å²) in [5, 5.41) is 3.36. The van der Waals surface area contributed by atoms with E-state index in [-0.39, 0.29) is 0 Å². The Labute approximate surface area is 116 Å². The van der Waals surface area contributed by atoms with Gasteiger partial charge in [0, 0.05) is 42.8 Å². The Morgan fingerprint density at radius 3 is 2.56 bits per heavy atom. The molecule has 1 N–H and O–H groups in total. The number of hydrogen-bond acceptors (Lipinski definition) is 4. The molecule has 100 valence electrons. The summed E-state index contributed by atoms with van der Waals surface area (Å²) >= 11 is 3.60. The molecule has 2 rings (SSSR count). The van der Waals surface area contributed by atoms with Crippen LogP contribution in [-0.4, -0.2) is 45.3 Å². The van der Waals surface area contributed by atoms with Crippen molar-refractivity contribution in [3.63, 3.8) is 0 Å². The zero-order valence-electron chi connectivity index (χ0n) is 10.8. The summed E-state index contributed by atoms with van der Waals surface area (Å²) in [5.41, 5.74) is 1.15. The first-order valence-electron chi connectivity index (χ1n) is 6.08. The molecule has 18 heavy (non-hydrogen) atoms. The first kappa shape index (κ1) is 13.6. The number of piperazine rings is 1. The quantitative estimate of drug-likeness (QED) is 0.920. The second-order valence-corrected chi connectivity index (χ2v) is 5.14. The maximum atomic E-state index is 5.49. The zero-order valence-corrected chi connectivity index (χ0v) is 12.4. The van der Waals surface area contributed by atoms with Gasteiger partial charge in [0.05, 0.1) is 14.2 Å². The molecule has 0 unspecified atom stereocenters. The number of nitrogens with one attached hydrogen (secondary N) is 1. The fraction of sp³-hybridized carbons (Fsp3) is 0.538. The Morgan fingerprint density at radius 1 is 1.22 bits per heavy atom. The SMILES string of the molecule is COc1ccc(Br)c(CN2CCNCC2)c1OC. The molecule has 1 aliphatic heterocycles. The van der Waals surface area contributed by atoms with Gasteiger partial charge in [-0.3, -0.25) is 4.90 Å². The minimum Gasteiger partial charge on any atom is -0.493 e. The second kappa shape index (κ2) is 6.41. The third-order valence-electron chi connectivity index (χ3n) is 3.18. The summed E-state index contributed by atoms with van der Waals surface area (Å²) in [6.07, 6.45) is 0. The number of rotatable bonds is 4. The van der Waals surface area contributed by atoms with E-state index in [2.05, 4.69) is 26.1 Å². The summed E-state index contributed by atoms with van der Waals surface area (Å²) in [4.78, 5) is 2.42. The average Bonchev–Trinajstić information content (AvgIpc) is 2.42. The Hall–Kier alpha value is -0.780. The first-order chi connectivity index (χ1) is 8.76. The van der Waals surface area contributed by atoms with Gasteiger partial charge in [-0.05, 0) is 12.1 Å². The molecule has 0 aromatic heterocycles.